The molecule has 0 radical (unpaired) electrons. The third kappa shape index (κ3) is 5.28. The summed E-state index contributed by atoms with van der Waals surface area (Å²) in [5.41, 5.74) is 1.64. The summed E-state index contributed by atoms with van der Waals surface area (Å²) in [4.78, 5) is 11.2. The van der Waals surface area contributed by atoms with E-state index >= 15 is 0 Å². The topological polar surface area (TPSA) is 76.1 Å². The van der Waals surface area contributed by atoms with Crippen LogP contribution >= 0.6 is 11.8 Å². The third-order valence-corrected chi connectivity index (χ3v) is 3.30. The predicted octanol–water partition coefficient (Wildman–Crippen LogP) is 2.73. The highest BCUT2D eigenvalue weighted by Gasteiger charge is 2.31. The van der Waals surface area contributed by atoms with Crippen LogP contribution in [0.1, 0.15) is 23.6 Å². The van der Waals surface area contributed by atoms with Crippen molar-refractivity contribution in [1.82, 2.24) is 0 Å². The third-order valence-electron chi connectivity index (χ3n) is 2.51. The van der Waals surface area contributed by atoms with E-state index in [2.05, 4.69) is 0 Å². The molecule has 8 heteroatoms. The maximum absolute atomic E-state index is 12.5. The van der Waals surface area contributed by atoms with Gasteiger partial charge in [0.1, 0.15) is 6.07 Å². The molecule has 1 aromatic carbocycles. The number of nitriles is 1. The highest BCUT2D eigenvalue weighted by molar-refractivity contribution is 8.00. The van der Waals surface area contributed by atoms with Crippen LogP contribution in [-0.2, 0) is 22.5 Å². The molecular weight excluding hydrogens is 305 g/mol. The Hall–Kier alpha value is -1.72. The average Bonchev–Trinajstić information content (AvgIpc) is 2.38. The zero-order valence-corrected chi connectivity index (χ0v) is 12.0. The zero-order chi connectivity index (χ0) is 16.0. The van der Waals surface area contributed by atoms with Gasteiger partial charge in [-0.3, -0.25) is 4.79 Å². The van der Waals surface area contributed by atoms with Crippen LogP contribution in [0.2, 0.25) is 0 Å². The number of halogens is 3. The standard InChI is InChI=1S/C13H13F3N2O2S/c1-2-20-12(19)5-8-3-10(7-18)11(4-9(8)6-17)21-13(14,15)16/h3-4H,2,5-6,17H2,1H3. The quantitative estimate of drug-likeness (QED) is 0.667. The summed E-state index contributed by atoms with van der Waals surface area (Å²) in [6.07, 6.45) is -0.133. The molecule has 114 valence electrons. The highest BCUT2D eigenvalue weighted by atomic mass is 32.2. The molecule has 4 nitrogen and oxygen atoms in total. The van der Waals surface area contributed by atoms with Crippen molar-refractivity contribution in [1.29, 1.82) is 5.26 Å². The normalized spacial score (nSPS) is 11.0. The summed E-state index contributed by atoms with van der Waals surface area (Å²) in [6, 6.07) is 4.16. The molecular formula is C13H13F3N2O2S. The molecule has 0 spiro atoms. The number of ether oxygens (including phenoxy) is 1. The molecule has 2 N–H and O–H groups in total. The van der Waals surface area contributed by atoms with E-state index in [4.69, 9.17) is 15.7 Å². The fourth-order valence-corrected chi connectivity index (χ4v) is 2.35. The molecule has 0 aliphatic heterocycles. The molecule has 0 aliphatic carbocycles. The maximum Gasteiger partial charge on any atom is 0.446 e. The fraction of sp³-hybridized carbons (Fsp3) is 0.385. The number of thioether (sulfide) groups is 1. The van der Waals surface area contributed by atoms with E-state index in [1.165, 1.54) is 12.1 Å². The first-order valence-electron chi connectivity index (χ1n) is 5.98. The second kappa shape index (κ2) is 7.33. The molecule has 0 saturated carbocycles. The van der Waals surface area contributed by atoms with Crippen molar-refractivity contribution in [2.75, 3.05) is 6.61 Å². The molecule has 0 atom stereocenters. The number of nitrogens with two attached hydrogens (primary N) is 1. The summed E-state index contributed by atoms with van der Waals surface area (Å²) < 4.78 is 42.1. The van der Waals surface area contributed by atoms with Crippen LogP contribution in [0.4, 0.5) is 13.2 Å². The lowest BCUT2D eigenvalue weighted by Crippen LogP contribution is -2.12. The van der Waals surface area contributed by atoms with Gasteiger partial charge in [-0.25, -0.2) is 0 Å². The second-order valence-corrected chi connectivity index (χ2v) is 5.07. The summed E-state index contributed by atoms with van der Waals surface area (Å²) in [5, 5.41) is 8.96. The first-order valence-corrected chi connectivity index (χ1v) is 6.79. The Morgan fingerprint density at radius 1 is 1.43 bits per heavy atom. The molecule has 0 unspecified atom stereocenters. The van der Waals surface area contributed by atoms with Crippen LogP contribution in [-0.4, -0.2) is 18.1 Å². The van der Waals surface area contributed by atoms with Crippen LogP contribution in [0.25, 0.3) is 0 Å². The average molecular weight is 318 g/mol. The van der Waals surface area contributed by atoms with Crippen molar-refractivity contribution < 1.29 is 22.7 Å². The summed E-state index contributed by atoms with van der Waals surface area (Å²) >= 11 is -0.375. The molecule has 0 fully saturated rings. The number of rotatable bonds is 5. The molecule has 0 heterocycles. The van der Waals surface area contributed by atoms with Gasteiger partial charge >= 0.3 is 11.5 Å². The summed E-state index contributed by atoms with van der Waals surface area (Å²) in [7, 11) is 0. The molecule has 1 aromatic rings. The first kappa shape index (κ1) is 17.3. The lowest BCUT2D eigenvalue weighted by atomic mass is 10.0. The Morgan fingerprint density at radius 3 is 2.57 bits per heavy atom. The van der Waals surface area contributed by atoms with Gasteiger partial charge in [0.15, 0.2) is 0 Å². The van der Waals surface area contributed by atoms with Gasteiger partial charge in [-0.05, 0) is 41.9 Å². The number of esters is 1. The smallest absolute Gasteiger partial charge is 0.446 e. The Balaban J connectivity index is 3.17. The minimum atomic E-state index is -4.50. The number of alkyl halides is 3. The number of hydrogen-bond donors (Lipinski definition) is 1. The van der Waals surface area contributed by atoms with E-state index in [0.717, 1.165) is 0 Å². The van der Waals surface area contributed by atoms with E-state index in [1.54, 1.807) is 13.0 Å². The van der Waals surface area contributed by atoms with Crippen LogP contribution in [0.15, 0.2) is 17.0 Å². The van der Waals surface area contributed by atoms with Gasteiger partial charge < -0.3 is 10.5 Å². The Labute approximate surface area is 124 Å². The number of nitrogens with zero attached hydrogens (tertiary/aromatic N) is 1. The van der Waals surface area contributed by atoms with Gasteiger partial charge in [0.25, 0.3) is 0 Å². The molecule has 0 aromatic heterocycles. The SMILES string of the molecule is CCOC(=O)Cc1cc(C#N)c(SC(F)(F)F)cc1CN. The van der Waals surface area contributed by atoms with E-state index in [0.29, 0.717) is 11.1 Å². The summed E-state index contributed by atoms with van der Waals surface area (Å²) in [5.74, 6) is -0.521. The van der Waals surface area contributed by atoms with Gasteiger partial charge in [-0.1, -0.05) is 0 Å². The number of benzene rings is 1. The molecule has 0 aliphatic rings. The summed E-state index contributed by atoms with van der Waals surface area (Å²) in [6.45, 7) is 1.81. The zero-order valence-electron chi connectivity index (χ0n) is 11.2. The van der Waals surface area contributed by atoms with Gasteiger partial charge in [0.2, 0.25) is 0 Å². The van der Waals surface area contributed by atoms with E-state index in [-0.39, 0.29) is 41.8 Å². The largest absolute Gasteiger partial charge is 0.466 e. The van der Waals surface area contributed by atoms with Crippen molar-refractivity contribution in [3.8, 4) is 6.07 Å². The maximum atomic E-state index is 12.5. The van der Waals surface area contributed by atoms with Crippen LogP contribution in [0.5, 0.6) is 0 Å². The predicted molar refractivity (Wildman–Crippen MR) is 71.3 cm³/mol. The van der Waals surface area contributed by atoms with Crippen molar-refractivity contribution in [2.45, 2.75) is 30.3 Å². The minimum Gasteiger partial charge on any atom is -0.466 e. The van der Waals surface area contributed by atoms with Gasteiger partial charge in [-0.15, -0.1) is 0 Å². The minimum absolute atomic E-state index is 0.0358. The van der Waals surface area contributed by atoms with E-state index < -0.39 is 11.5 Å². The van der Waals surface area contributed by atoms with Gasteiger partial charge in [0.05, 0.1) is 18.6 Å². The first-order chi connectivity index (χ1) is 9.80. The van der Waals surface area contributed by atoms with Crippen LogP contribution in [0, 0.1) is 11.3 Å². The van der Waals surface area contributed by atoms with Crippen molar-refractivity contribution in [2.24, 2.45) is 5.73 Å². The lowest BCUT2D eigenvalue weighted by Gasteiger charge is -2.13. The van der Waals surface area contributed by atoms with Crippen molar-refractivity contribution in [3.63, 3.8) is 0 Å². The highest BCUT2D eigenvalue weighted by Crippen LogP contribution is 2.39. The number of hydrogen-bond acceptors (Lipinski definition) is 5. The Morgan fingerprint density at radius 2 is 2.10 bits per heavy atom. The molecule has 1 rings (SSSR count). The van der Waals surface area contributed by atoms with Crippen LogP contribution < -0.4 is 5.73 Å². The monoisotopic (exact) mass is 318 g/mol. The molecule has 0 amide bonds. The van der Waals surface area contributed by atoms with Crippen molar-refractivity contribution >= 4 is 17.7 Å². The van der Waals surface area contributed by atoms with E-state index in [9.17, 15) is 18.0 Å². The molecule has 0 saturated heterocycles. The lowest BCUT2D eigenvalue weighted by molar-refractivity contribution is -0.142. The molecule has 0 bridgehead atoms. The Kier molecular flexibility index (Phi) is 6.05. The van der Waals surface area contributed by atoms with E-state index in [1.807, 2.05) is 0 Å². The van der Waals surface area contributed by atoms with Gasteiger partial charge in [-0.2, -0.15) is 18.4 Å². The Bertz CT molecular complexity index is 568. The second-order valence-electron chi connectivity index (χ2n) is 3.96. The molecule has 21 heavy (non-hydrogen) atoms. The van der Waals surface area contributed by atoms with Crippen LogP contribution in [0.3, 0.4) is 0 Å². The number of carbonyl (C=O) groups is 1. The van der Waals surface area contributed by atoms with Gasteiger partial charge in [0, 0.05) is 11.4 Å². The van der Waals surface area contributed by atoms with Crippen molar-refractivity contribution in [3.05, 3.63) is 28.8 Å². The number of carbonyl (C=O) groups excluding carboxylic acids is 1. The fourth-order valence-electron chi connectivity index (χ4n) is 1.69.